The van der Waals surface area contributed by atoms with Crippen LogP contribution in [0, 0.1) is 6.92 Å². The fourth-order valence-electron chi connectivity index (χ4n) is 2.58. The van der Waals surface area contributed by atoms with Crippen molar-refractivity contribution in [1.82, 2.24) is 10.3 Å². The Hall–Kier alpha value is -2.49. The molecule has 34 heavy (non-hydrogen) atoms. The fourth-order valence-corrected chi connectivity index (χ4v) is 2.75. The third-order valence-corrected chi connectivity index (χ3v) is 4.30. The van der Waals surface area contributed by atoms with Gasteiger partial charge in [0.2, 0.25) is 9.68 Å². The molecule has 1 heterocycles. The monoisotopic (exact) mass is 534 g/mol. The number of carbonyl (C=O) groups is 3. The van der Waals surface area contributed by atoms with E-state index in [0.717, 1.165) is 5.56 Å². The van der Waals surface area contributed by atoms with Crippen LogP contribution in [-0.2, 0) is 25.6 Å². The van der Waals surface area contributed by atoms with Crippen LogP contribution in [0.2, 0.25) is 0 Å². The minimum absolute atomic E-state index is 0.0397. The number of hydrogen-bond donors (Lipinski definition) is 1. The average molecular weight is 536 g/mol. The Morgan fingerprint density at radius 2 is 1.74 bits per heavy atom. The van der Waals surface area contributed by atoms with Gasteiger partial charge in [0.15, 0.2) is 5.69 Å². The quantitative estimate of drug-likeness (QED) is 0.278. The number of nitrogens with one attached hydrogen (secondary N) is 1. The predicted octanol–water partition coefficient (Wildman–Crippen LogP) is 5.21. The molecule has 0 unspecified atom stereocenters. The summed E-state index contributed by atoms with van der Waals surface area (Å²) in [6.07, 6.45) is -1.15. The number of halogens is 3. The third kappa shape index (κ3) is 9.79. The van der Waals surface area contributed by atoms with Gasteiger partial charge in [-0.25, -0.2) is 14.6 Å². The molecular weight excluding hydrogens is 511 g/mol. The van der Waals surface area contributed by atoms with Crippen molar-refractivity contribution in [2.75, 3.05) is 6.61 Å². The van der Waals surface area contributed by atoms with E-state index in [1.807, 2.05) is 18.2 Å². The zero-order valence-electron chi connectivity index (χ0n) is 19.0. The van der Waals surface area contributed by atoms with Gasteiger partial charge >= 0.3 is 18.0 Å². The van der Waals surface area contributed by atoms with Crippen LogP contribution < -0.4 is 5.32 Å². The summed E-state index contributed by atoms with van der Waals surface area (Å²) in [5, 5.41) is 2.52. The van der Waals surface area contributed by atoms with Crippen LogP contribution in [0.1, 0.15) is 60.9 Å². The highest BCUT2D eigenvalue weighted by atomic mass is 35.6. The van der Waals surface area contributed by atoms with Crippen molar-refractivity contribution in [2.24, 2.45) is 0 Å². The van der Waals surface area contributed by atoms with Gasteiger partial charge in [0.25, 0.3) is 0 Å². The maximum Gasteiger partial charge on any atom is 0.408 e. The Balaban J connectivity index is 2.17. The van der Waals surface area contributed by atoms with Gasteiger partial charge < -0.3 is 23.9 Å². The molecule has 0 spiro atoms. The number of ether oxygens (including phenoxy) is 3. The molecule has 0 aliphatic carbocycles. The first-order valence-corrected chi connectivity index (χ1v) is 11.3. The second-order valence-corrected chi connectivity index (χ2v) is 10.7. The Kier molecular flexibility index (Phi) is 9.61. The Morgan fingerprint density at radius 1 is 1.09 bits per heavy atom. The number of aromatic nitrogens is 1. The van der Waals surface area contributed by atoms with Crippen molar-refractivity contribution < 1.29 is 33.0 Å². The van der Waals surface area contributed by atoms with Crippen LogP contribution in [0.4, 0.5) is 4.79 Å². The molecule has 1 N–H and O–H groups in total. The zero-order chi connectivity index (χ0) is 25.5. The smallest absolute Gasteiger partial charge is 0.408 e. The summed E-state index contributed by atoms with van der Waals surface area (Å²) in [6, 6.07) is 7.98. The van der Waals surface area contributed by atoms with Crippen molar-refractivity contribution in [2.45, 2.75) is 56.2 Å². The van der Waals surface area contributed by atoms with E-state index in [0.29, 0.717) is 0 Å². The molecule has 0 saturated carbocycles. The van der Waals surface area contributed by atoms with Gasteiger partial charge in [-0.1, -0.05) is 65.1 Å². The van der Waals surface area contributed by atoms with E-state index in [9.17, 15) is 14.4 Å². The molecule has 0 fully saturated rings. The second kappa shape index (κ2) is 11.8. The summed E-state index contributed by atoms with van der Waals surface area (Å²) >= 11 is 16.8. The molecule has 1 atom stereocenters. The number of aryl methyl sites for hydroxylation is 1. The molecule has 12 heteroatoms. The molecule has 0 aliphatic rings. The van der Waals surface area contributed by atoms with Gasteiger partial charge in [-0.3, -0.25) is 4.79 Å². The number of hydrogen-bond acceptors (Lipinski definition) is 8. The lowest BCUT2D eigenvalue weighted by atomic mass is 10.2. The lowest BCUT2D eigenvalue weighted by molar-refractivity contribution is -0.145. The minimum Gasteiger partial charge on any atom is -0.461 e. The van der Waals surface area contributed by atoms with Crippen molar-refractivity contribution in [3.8, 4) is 0 Å². The maximum absolute atomic E-state index is 12.5. The summed E-state index contributed by atoms with van der Waals surface area (Å²) in [6.45, 7) is 6.04. The van der Waals surface area contributed by atoms with Gasteiger partial charge in [-0.15, -0.1) is 0 Å². The van der Waals surface area contributed by atoms with E-state index in [4.69, 9.17) is 53.4 Å². The van der Waals surface area contributed by atoms with Crippen molar-refractivity contribution >= 4 is 52.8 Å². The summed E-state index contributed by atoms with van der Waals surface area (Å²) in [5.41, 5.74) is -0.197. The lowest BCUT2D eigenvalue weighted by Crippen LogP contribution is -2.36. The number of carbonyl (C=O) groups excluding carboxylic acids is 3. The molecule has 1 amide bonds. The Morgan fingerprint density at radius 3 is 2.32 bits per heavy atom. The van der Waals surface area contributed by atoms with Crippen LogP contribution in [0.15, 0.2) is 34.7 Å². The van der Waals surface area contributed by atoms with Gasteiger partial charge in [-0.05, 0) is 33.3 Å². The maximum atomic E-state index is 12.5. The summed E-state index contributed by atoms with van der Waals surface area (Å²) < 4.78 is 19.2. The standard InChI is InChI=1S/C22H25Cl3N2O7/c1-13-17(19(29)32-12-22(23,24)25)27-18(33-13)15(26-20(30)34-21(2,3)4)10-16(28)31-11-14-8-6-5-7-9-14/h5-9,15H,10-12H2,1-4H3,(H,26,30)/t15-/m0/s1. The molecule has 9 nitrogen and oxygen atoms in total. The van der Waals surface area contributed by atoms with Crippen LogP contribution in [0.5, 0.6) is 0 Å². The van der Waals surface area contributed by atoms with Gasteiger partial charge in [0, 0.05) is 0 Å². The topological polar surface area (TPSA) is 117 Å². The van der Waals surface area contributed by atoms with Gasteiger partial charge in [0.05, 0.1) is 6.42 Å². The molecule has 186 valence electrons. The van der Waals surface area contributed by atoms with Crippen molar-refractivity contribution in [1.29, 1.82) is 0 Å². The highest BCUT2D eigenvalue weighted by molar-refractivity contribution is 6.67. The Bertz CT molecular complexity index is 998. The number of benzene rings is 1. The highest BCUT2D eigenvalue weighted by Gasteiger charge is 2.30. The molecule has 0 bridgehead atoms. The first-order chi connectivity index (χ1) is 15.7. The summed E-state index contributed by atoms with van der Waals surface area (Å²) in [4.78, 5) is 41.2. The SMILES string of the molecule is Cc1oc([C@H](CC(=O)OCc2ccccc2)NC(=O)OC(C)(C)C)nc1C(=O)OCC(Cl)(Cl)Cl. The van der Waals surface area contributed by atoms with E-state index in [2.05, 4.69) is 10.3 Å². The number of alkyl carbamates (subject to hydrolysis) is 1. The molecule has 2 aromatic rings. The van der Waals surface area contributed by atoms with E-state index in [1.54, 1.807) is 32.9 Å². The average Bonchev–Trinajstić information content (AvgIpc) is 3.10. The summed E-state index contributed by atoms with van der Waals surface area (Å²) in [7, 11) is 0. The lowest BCUT2D eigenvalue weighted by Gasteiger charge is -2.22. The van der Waals surface area contributed by atoms with Gasteiger partial charge in [-0.2, -0.15) is 0 Å². The first kappa shape index (κ1) is 27.8. The Labute approximate surface area is 212 Å². The number of esters is 2. The number of nitrogens with zero attached hydrogens (tertiary/aromatic N) is 1. The number of alkyl halides is 3. The fraction of sp³-hybridized carbons (Fsp3) is 0.455. The van der Waals surface area contributed by atoms with Crippen LogP contribution in [0.3, 0.4) is 0 Å². The van der Waals surface area contributed by atoms with E-state index >= 15 is 0 Å². The van der Waals surface area contributed by atoms with Crippen LogP contribution in [-0.4, -0.2) is 39.0 Å². The van der Waals surface area contributed by atoms with Crippen LogP contribution in [0.25, 0.3) is 0 Å². The number of rotatable bonds is 8. The second-order valence-electron chi connectivity index (χ2n) is 8.20. The molecule has 0 saturated heterocycles. The van der Waals surface area contributed by atoms with E-state index in [1.165, 1.54) is 6.92 Å². The molecule has 0 aliphatic heterocycles. The molecule has 1 aromatic heterocycles. The normalized spacial score (nSPS) is 12.6. The summed E-state index contributed by atoms with van der Waals surface area (Å²) in [5.74, 6) is -1.58. The molecule has 0 radical (unpaired) electrons. The zero-order valence-corrected chi connectivity index (χ0v) is 21.3. The van der Waals surface area contributed by atoms with E-state index in [-0.39, 0.29) is 30.4 Å². The van der Waals surface area contributed by atoms with E-state index < -0.39 is 40.1 Å². The van der Waals surface area contributed by atoms with Crippen molar-refractivity contribution in [3.63, 3.8) is 0 Å². The first-order valence-electron chi connectivity index (χ1n) is 10.1. The highest BCUT2D eigenvalue weighted by Crippen LogP contribution is 2.27. The molecular formula is C22H25Cl3N2O7. The minimum atomic E-state index is -1.81. The largest absolute Gasteiger partial charge is 0.461 e. The van der Waals surface area contributed by atoms with Gasteiger partial charge in [0.1, 0.15) is 30.6 Å². The number of oxazole rings is 1. The molecule has 2 rings (SSSR count). The number of amides is 1. The third-order valence-electron chi connectivity index (χ3n) is 3.98. The van der Waals surface area contributed by atoms with Crippen molar-refractivity contribution in [3.05, 3.63) is 53.2 Å². The molecule has 1 aromatic carbocycles. The van der Waals surface area contributed by atoms with Crippen LogP contribution >= 0.6 is 34.8 Å². The predicted molar refractivity (Wildman–Crippen MR) is 125 cm³/mol.